The molecule has 0 fully saturated rings. The van der Waals surface area contributed by atoms with Crippen molar-refractivity contribution in [2.75, 3.05) is 5.75 Å². The van der Waals surface area contributed by atoms with Crippen LogP contribution in [0.15, 0.2) is 14.3 Å². The van der Waals surface area contributed by atoms with Crippen LogP contribution in [0.25, 0.3) is 0 Å². The van der Waals surface area contributed by atoms with Crippen molar-refractivity contribution in [3.8, 4) is 12.3 Å². The Balaban J connectivity index is 3.21. The molecule has 0 aromatic carbocycles. The largest absolute Gasteiger partial charge is 0.387 e. The first kappa shape index (κ1) is 13.2. The number of carbonyl (C=O) groups is 1. The minimum atomic E-state index is -2.93. The van der Waals surface area contributed by atoms with Gasteiger partial charge in [0.1, 0.15) is 0 Å². The first-order valence-corrected chi connectivity index (χ1v) is 6.07. The first-order chi connectivity index (χ1) is 7.97. The van der Waals surface area contributed by atoms with Crippen LogP contribution in [0.3, 0.4) is 0 Å². The molecule has 1 aromatic rings. The Labute approximate surface area is 101 Å². The van der Waals surface area contributed by atoms with Gasteiger partial charge in [0.25, 0.3) is 0 Å². The van der Waals surface area contributed by atoms with Gasteiger partial charge in [0.15, 0.2) is 5.16 Å². The predicted octanol–water partition coefficient (Wildman–Crippen LogP) is -0.662. The zero-order valence-electron chi connectivity index (χ0n) is 8.52. The Morgan fingerprint density at radius 2 is 2.29 bits per heavy atom. The molecule has 0 bridgehead atoms. The third-order valence-corrected chi connectivity index (χ3v) is 2.79. The van der Waals surface area contributed by atoms with Crippen LogP contribution < -0.4 is 5.69 Å². The van der Waals surface area contributed by atoms with Crippen molar-refractivity contribution in [1.82, 2.24) is 14.3 Å². The smallest absolute Gasteiger partial charge is 0.273 e. The lowest BCUT2D eigenvalue weighted by molar-refractivity contribution is 0.247. The molecule has 0 unspecified atom stereocenters. The number of hydrogen-bond acceptors (Lipinski definition) is 6. The third kappa shape index (κ3) is 3.05. The van der Waals surface area contributed by atoms with Gasteiger partial charge in [-0.2, -0.15) is 8.42 Å². The van der Waals surface area contributed by atoms with E-state index in [1.165, 1.54) is 7.05 Å². The Morgan fingerprint density at radius 1 is 1.65 bits per heavy atom. The van der Waals surface area contributed by atoms with Crippen molar-refractivity contribution >= 4 is 28.3 Å². The highest BCUT2D eigenvalue weighted by molar-refractivity contribution is 7.99. The van der Waals surface area contributed by atoms with E-state index in [4.69, 9.17) is 6.42 Å². The van der Waals surface area contributed by atoms with Crippen LogP contribution in [-0.2, 0) is 17.5 Å². The average Bonchev–Trinajstić information content (AvgIpc) is 2.53. The minimum Gasteiger partial charge on any atom is -0.273 e. The van der Waals surface area contributed by atoms with Crippen LogP contribution in [0.1, 0.15) is 0 Å². The summed E-state index contributed by atoms with van der Waals surface area (Å²) in [5, 5.41) is 3.82. The summed E-state index contributed by atoms with van der Waals surface area (Å²) in [4.78, 5) is 22.7. The normalized spacial score (nSPS) is 9.65. The van der Waals surface area contributed by atoms with E-state index in [2.05, 4.69) is 15.4 Å². The van der Waals surface area contributed by atoms with Crippen molar-refractivity contribution in [2.24, 2.45) is 11.4 Å². The summed E-state index contributed by atoms with van der Waals surface area (Å²) in [6, 6.07) is -1.27. The van der Waals surface area contributed by atoms with E-state index >= 15 is 0 Å². The number of hydrogen-bond donors (Lipinski definition) is 0. The van der Waals surface area contributed by atoms with E-state index in [0.717, 1.165) is 16.3 Å². The lowest BCUT2D eigenvalue weighted by Crippen LogP contribution is -2.27. The SMILES string of the molecule is C#CCSc1nn(C(=O)N=S(=O)=O)c(=O)n1C. The number of thioether (sulfide) groups is 1. The molecular formula is C7H6N4O4S2. The van der Waals surface area contributed by atoms with E-state index in [1.54, 1.807) is 0 Å². The fraction of sp³-hybridized carbons (Fsp3) is 0.286. The number of amides is 1. The van der Waals surface area contributed by atoms with Crippen molar-refractivity contribution in [2.45, 2.75) is 5.16 Å². The van der Waals surface area contributed by atoms with E-state index in [9.17, 15) is 18.0 Å². The quantitative estimate of drug-likeness (QED) is 0.523. The highest BCUT2D eigenvalue weighted by Crippen LogP contribution is 2.11. The Bertz CT molecular complexity index is 668. The van der Waals surface area contributed by atoms with Crippen LogP contribution in [0, 0.1) is 12.3 Å². The number of rotatable bonds is 2. The van der Waals surface area contributed by atoms with Gasteiger partial charge in [-0.15, -0.1) is 16.2 Å². The number of nitrogens with zero attached hydrogens (tertiary/aromatic N) is 4. The standard InChI is InChI=1S/C7H6N4O4S2/c1-3-4-16-6-8-11(7(13)10(6)2)5(12)9-17(14)15/h1H,4H2,2H3. The number of aromatic nitrogens is 3. The second-order valence-electron chi connectivity index (χ2n) is 2.62. The van der Waals surface area contributed by atoms with Crippen LogP contribution in [-0.4, -0.2) is 34.5 Å². The summed E-state index contributed by atoms with van der Waals surface area (Å²) < 4.78 is 24.5. The third-order valence-electron chi connectivity index (χ3n) is 1.56. The molecule has 1 aromatic heterocycles. The summed E-state index contributed by atoms with van der Waals surface area (Å²) in [5.41, 5.74) is -0.788. The van der Waals surface area contributed by atoms with E-state index in [1.807, 2.05) is 0 Å². The summed E-state index contributed by atoms with van der Waals surface area (Å²) in [7, 11) is -1.55. The molecule has 0 saturated heterocycles. The van der Waals surface area contributed by atoms with Crippen molar-refractivity contribution in [3.63, 3.8) is 0 Å². The summed E-state index contributed by atoms with van der Waals surface area (Å²) in [6.45, 7) is 0. The van der Waals surface area contributed by atoms with Gasteiger partial charge in [-0.3, -0.25) is 4.57 Å². The van der Waals surface area contributed by atoms with Gasteiger partial charge in [-0.1, -0.05) is 22.0 Å². The molecule has 1 heterocycles. The number of carbonyl (C=O) groups excluding carboxylic acids is 1. The molecule has 0 spiro atoms. The molecule has 10 heteroatoms. The van der Waals surface area contributed by atoms with Crippen LogP contribution in [0.5, 0.6) is 0 Å². The van der Waals surface area contributed by atoms with Gasteiger partial charge in [-0.05, 0) is 0 Å². The molecule has 0 atom stereocenters. The van der Waals surface area contributed by atoms with Gasteiger partial charge in [-0.25, -0.2) is 9.59 Å². The topological polar surface area (TPSA) is 103 Å². The van der Waals surface area contributed by atoms with Gasteiger partial charge >= 0.3 is 22.2 Å². The Hall–Kier alpha value is -1.86. The second kappa shape index (κ2) is 5.46. The molecule has 0 N–H and O–H groups in total. The van der Waals surface area contributed by atoms with Gasteiger partial charge in [0.2, 0.25) is 0 Å². The minimum absolute atomic E-state index is 0.202. The summed E-state index contributed by atoms with van der Waals surface area (Å²) >= 11 is 1.07. The zero-order valence-corrected chi connectivity index (χ0v) is 10.2. The van der Waals surface area contributed by atoms with Gasteiger partial charge in [0, 0.05) is 7.05 Å². The van der Waals surface area contributed by atoms with Crippen LogP contribution in [0.2, 0.25) is 0 Å². The highest BCUT2D eigenvalue weighted by Gasteiger charge is 2.15. The van der Waals surface area contributed by atoms with E-state index < -0.39 is 22.2 Å². The summed E-state index contributed by atoms with van der Waals surface area (Å²) in [6.07, 6.45) is 5.04. The second-order valence-corrected chi connectivity index (χ2v) is 4.18. The molecule has 17 heavy (non-hydrogen) atoms. The summed E-state index contributed by atoms with van der Waals surface area (Å²) in [5.74, 6) is 2.59. The fourth-order valence-electron chi connectivity index (χ4n) is 0.878. The molecule has 8 nitrogen and oxygen atoms in total. The molecule has 0 saturated carbocycles. The molecule has 0 aliphatic carbocycles. The lowest BCUT2D eigenvalue weighted by Gasteiger charge is -1.92. The molecule has 1 amide bonds. The maximum absolute atomic E-state index is 11.5. The van der Waals surface area contributed by atoms with Crippen LogP contribution >= 0.6 is 11.8 Å². The molecule has 0 aliphatic heterocycles. The van der Waals surface area contributed by atoms with Gasteiger partial charge in [0.05, 0.1) is 5.75 Å². The maximum atomic E-state index is 11.5. The van der Waals surface area contributed by atoms with Gasteiger partial charge < -0.3 is 0 Å². The highest BCUT2D eigenvalue weighted by atomic mass is 32.2. The van der Waals surface area contributed by atoms with Crippen LogP contribution in [0.4, 0.5) is 4.79 Å². The molecule has 1 rings (SSSR count). The lowest BCUT2D eigenvalue weighted by atomic mass is 10.8. The van der Waals surface area contributed by atoms with E-state index in [-0.39, 0.29) is 10.9 Å². The molecular weight excluding hydrogens is 268 g/mol. The zero-order chi connectivity index (χ0) is 13.0. The monoisotopic (exact) mass is 274 g/mol. The van der Waals surface area contributed by atoms with E-state index in [0.29, 0.717) is 4.68 Å². The predicted molar refractivity (Wildman–Crippen MR) is 59.2 cm³/mol. The molecule has 0 radical (unpaired) electrons. The van der Waals surface area contributed by atoms with Crippen molar-refractivity contribution < 1.29 is 13.2 Å². The van der Waals surface area contributed by atoms with Crippen molar-refractivity contribution in [1.29, 1.82) is 0 Å². The molecule has 0 aliphatic rings. The first-order valence-electron chi connectivity index (χ1n) is 4.05. The number of terminal acetylenes is 1. The average molecular weight is 274 g/mol. The van der Waals surface area contributed by atoms with Crippen molar-refractivity contribution in [3.05, 3.63) is 10.5 Å². The molecule has 90 valence electrons. The maximum Gasteiger partial charge on any atom is 0.387 e. The Morgan fingerprint density at radius 3 is 2.82 bits per heavy atom. The fourth-order valence-corrected chi connectivity index (χ4v) is 1.71. The Kier molecular flexibility index (Phi) is 4.24.